The van der Waals surface area contributed by atoms with Crippen LogP contribution in [0.1, 0.15) is 75.3 Å². The Kier molecular flexibility index (Phi) is 8.90. The van der Waals surface area contributed by atoms with Crippen molar-refractivity contribution in [2.24, 2.45) is 0 Å². The van der Waals surface area contributed by atoms with Crippen LogP contribution in [0.3, 0.4) is 0 Å². The fourth-order valence-corrected chi connectivity index (χ4v) is 4.81. The Bertz CT molecular complexity index is 1130. The third kappa shape index (κ3) is 7.25. The molecule has 7 nitrogen and oxygen atoms in total. The number of hydrogen-bond donors (Lipinski definition) is 2. The number of carbonyl (C=O) groups excluding carboxylic acids is 3. The minimum atomic E-state index is -0.907. The second-order valence-corrected chi connectivity index (χ2v) is 11.3. The van der Waals surface area contributed by atoms with Crippen LogP contribution in [0, 0.1) is 20.8 Å². The Hall–Kier alpha value is -3.06. The van der Waals surface area contributed by atoms with Gasteiger partial charge in [0.1, 0.15) is 17.7 Å². The van der Waals surface area contributed by atoms with Crippen LogP contribution in [-0.4, -0.2) is 40.5 Å². The second kappa shape index (κ2) is 11.5. The first kappa shape index (κ1) is 28.5. The number of hydrogen-bond acceptors (Lipinski definition) is 4. The van der Waals surface area contributed by atoms with Crippen LogP contribution in [-0.2, 0) is 14.3 Å². The lowest BCUT2D eigenvalue weighted by atomic mass is 9.87. The number of carbonyl (C=O) groups is 3. The van der Waals surface area contributed by atoms with Gasteiger partial charge in [0.15, 0.2) is 0 Å². The number of alkyl carbamates (subject to hydrolysis) is 1. The van der Waals surface area contributed by atoms with Gasteiger partial charge in [0, 0.05) is 6.04 Å². The van der Waals surface area contributed by atoms with Gasteiger partial charge in [0.25, 0.3) is 5.91 Å². The van der Waals surface area contributed by atoms with Gasteiger partial charge in [-0.3, -0.25) is 9.59 Å². The molecule has 0 aliphatic heterocycles. The van der Waals surface area contributed by atoms with E-state index >= 15 is 0 Å². The average molecular weight is 528 g/mol. The van der Waals surface area contributed by atoms with Crippen molar-refractivity contribution in [2.45, 2.75) is 91.5 Å². The largest absolute Gasteiger partial charge is 0.444 e. The number of rotatable bonds is 7. The zero-order chi connectivity index (χ0) is 27.5. The summed E-state index contributed by atoms with van der Waals surface area (Å²) in [6.07, 6.45) is 1.85. The van der Waals surface area contributed by atoms with Crippen molar-refractivity contribution in [3.63, 3.8) is 0 Å². The van der Waals surface area contributed by atoms with Crippen LogP contribution < -0.4 is 10.6 Å². The topological polar surface area (TPSA) is 87.7 Å². The van der Waals surface area contributed by atoms with Crippen molar-refractivity contribution in [3.8, 4) is 0 Å². The van der Waals surface area contributed by atoms with Gasteiger partial charge in [0.2, 0.25) is 5.91 Å². The first-order chi connectivity index (χ1) is 17.3. The summed E-state index contributed by atoms with van der Waals surface area (Å²) in [4.78, 5) is 42.0. The zero-order valence-corrected chi connectivity index (χ0v) is 23.5. The number of nitrogens with zero attached hydrogens (tertiary/aromatic N) is 1. The van der Waals surface area contributed by atoms with E-state index in [-0.39, 0.29) is 17.9 Å². The van der Waals surface area contributed by atoms with Crippen molar-refractivity contribution in [3.05, 3.63) is 63.7 Å². The zero-order valence-electron chi connectivity index (χ0n) is 22.8. The minimum Gasteiger partial charge on any atom is -0.444 e. The molecule has 1 saturated carbocycles. The molecule has 0 bridgehead atoms. The van der Waals surface area contributed by atoms with E-state index in [0.717, 1.165) is 36.0 Å². The number of amides is 3. The third-order valence-corrected chi connectivity index (χ3v) is 6.70. The summed E-state index contributed by atoms with van der Waals surface area (Å²) in [7, 11) is 0. The number of halogens is 1. The van der Waals surface area contributed by atoms with Crippen molar-refractivity contribution in [1.29, 1.82) is 0 Å². The molecule has 200 valence electrons. The maximum atomic E-state index is 14.0. The molecule has 2 unspecified atom stereocenters. The molecule has 8 heteroatoms. The van der Waals surface area contributed by atoms with Gasteiger partial charge in [-0.1, -0.05) is 53.1 Å². The van der Waals surface area contributed by atoms with Crippen molar-refractivity contribution < 1.29 is 19.1 Å². The van der Waals surface area contributed by atoms with Gasteiger partial charge in [-0.15, -0.1) is 0 Å². The molecule has 1 aliphatic rings. The number of nitrogens with one attached hydrogen (secondary N) is 2. The van der Waals surface area contributed by atoms with Gasteiger partial charge in [-0.2, -0.15) is 0 Å². The summed E-state index contributed by atoms with van der Waals surface area (Å²) in [5.41, 5.74) is 3.33. The van der Waals surface area contributed by atoms with Crippen LogP contribution in [0.25, 0.3) is 0 Å². The highest BCUT2D eigenvalue weighted by molar-refractivity contribution is 6.34. The van der Waals surface area contributed by atoms with E-state index in [1.54, 1.807) is 38.7 Å². The fourth-order valence-electron chi connectivity index (χ4n) is 4.54. The Morgan fingerprint density at radius 2 is 1.68 bits per heavy atom. The number of para-hydroxylation sites is 1. The van der Waals surface area contributed by atoms with E-state index in [0.29, 0.717) is 16.3 Å². The molecule has 3 rings (SSSR count). The highest BCUT2D eigenvalue weighted by atomic mass is 35.5. The molecule has 2 aromatic rings. The first-order valence-electron chi connectivity index (χ1n) is 12.7. The summed E-state index contributed by atoms with van der Waals surface area (Å²) in [5.74, 6) is -0.698. The predicted octanol–water partition coefficient (Wildman–Crippen LogP) is 6.24. The maximum absolute atomic E-state index is 14.0. The van der Waals surface area contributed by atoms with Gasteiger partial charge < -0.3 is 20.3 Å². The lowest BCUT2D eigenvalue weighted by molar-refractivity contribution is -0.145. The molecule has 0 spiro atoms. The fraction of sp³-hybridized carbons (Fsp3) is 0.483. The molecule has 0 saturated heterocycles. The van der Waals surface area contributed by atoms with Crippen LogP contribution in [0.15, 0.2) is 36.4 Å². The molecule has 0 radical (unpaired) electrons. The number of benzene rings is 2. The van der Waals surface area contributed by atoms with E-state index in [4.69, 9.17) is 16.3 Å². The van der Waals surface area contributed by atoms with Gasteiger partial charge >= 0.3 is 6.09 Å². The molecule has 3 amide bonds. The van der Waals surface area contributed by atoms with Gasteiger partial charge in [-0.25, -0.2) is 4.79 Å². The first-order valence-corrected chi connectivity index (χ1v) is 13.1. The molecule has 2 aromatic carbocycles. The van der Waals surface area contributed by atoms with Crippen LogP contribution >= 0.6 is 11.6 Å². The summed E-state index contributed by atoms with van der Waals surface area (Å²) >= 11 is 6.42. The minimum absolute atomic E-state index is 0.126. The molecule has 2 N–H and O–H groups in total. The SMILES string of the molecule is Cc1cc(C)cc(C(C(=O)Nc2c(C)cccc2Cl)N(C(=O)C(C)NC(=O)OC(C)(C)C)C2CCC2)c1. The Balaban J connectivity index is 2.01. The third-order valence-electron chi connectivity index (χ3n) is 6.38. The monoisotopic (exact) mass is 527 g/mol. The summed E-state index contributed by atoms with van der Waals surface area (Å²) in [5, 5.41) is 6.06. The van der Waals surface area contributed by atoms with E-state index < -0.39 is 23.8 Å². The Labute approximate surface area is 224 Å². The lowest BCUT2D eigenvalue weighted by Crippen LogP contribution is -2.56. The smallest absolute Gasteiger partial charge is 0.408 e. The standard InChI is InChI=1S/C29H38ClN3O4/c1-17-14-18(2)16-21(15-17)25(26(34)32-24-19(3)10-8-13-23(24)30)33(22-11-9-12-22)27(35)20(4)31-28(36)37-29(5,6)7/h8,10,13-16,20,22,25H,9,11-12H2,1-7H3,(H,31,36)(H,32,34). The molecule has 1 fully saturated rings. The predicted molar refractivity (Wildman–Crippen MR) is 147 cm³/mol. The number of ether oxygens (including phenoxy) is 1. The highest BCUT2D eigenvalue weighted by Crippen LogP contribution is 2.36. The summed E-state index contributed by atoms with van der Waals surface area (Å²) < 4.78 is 5.35. The molecular weight excluding hydrogens is 490 g/mol. The van der Waals surface area contributed by atoms with Crippen LogP contribution in [0.4, 0.5) is 10.5 Å². The van der Waals surface area contributed by atoms with E-state index in [9.17, 15) is 14.4 Å². The van der Waals surface area contributed by atoms with E-state index in [1.165, 1.54) is 0 Å². The van der Waals surface area contributed by atoms with Crippen LogP contribution in [0.2, 0.25) is 5.02 Å². The molecule has 0 aromatic heterocycles. The second-order valence-electron chi connectivity index (χ2n) is 10.9. The maximum Gasteiger partial charge on any atom is 0.408 e. The van der Waals surface area contributed by atoms with Crippen molar-refractivity contribution >= 4 is 35.2 Å². The van der Waals surface area contributed by atoms with E-state index in [2.05, 4.69) is 10.6 Å². The molecule has 0 heterocycles. The molecule has 2 atom stereocenters. The summed E-state index contributed by atoms with van der Waals surface area (Å²) in [6.45, 7) is 12.7. The lowest BCUT2D eigenvalue weighted by Gasteiger charge is -2.43. The Morgan fingerprint density at radius 3 is 2.19 bits per heavy atom. The van der Waals surface area contributed by atoms with Gasteiger partial charge in [0.05, 0.1) is 10.7 Å². The molecular formula is C29H38ClN3O4. The molecule has 37 heavy (non-hydrogen) atoms. The van der Waals surface area contributed by atoms with Gasteiger partial charge in [-0.05, 0) is 84.9 Å². The quantitative estimate of drug-likeness (QED) is 0.446. The average Bonchev–Trinajstić information content (AvgIpc) is 2.72. The Morgan fingerprint density at radius 1 is 1.05 bits per heavy atom. The summed E-state index contributed by atoms with van der Waals surface area (Å²) in [6, 6.07) is 9.38. The number of anilines is 1. The number of aryl methyl sites for hydroxylation is 3. The van der Waals surface area contributed by atoms with E-state index in [1.807, 2.05) is 51.1 Å². The van der Waals surface area contributed by atoms with Crippen LogP contribution in [0.5, 0.6) is 0 Å². The van der Waals surface area contributed by atoms with Crippen molar-refractivity contribution in [1.82, 2.24) is 10.2 Å². The molecule has 1 aliphatic carbocycles. The highest BCUT2D eigenvalue weighted by Gasteiger charge is 2.41. The normalized spacial score (nSPS) is 15.2. The van der Waals surface area contributed by atoms with Crippen molar-refractivity contribution in [2.75, 3.05) is 5.32 Å².